The lowest BCUT2D eigenvalue weighted by atomic mass is 9.79. The fourth-order valence-corrected chi connectivity index (χ4v) is 6.55. The molecule has 1 saturated heterocycles. The molecule has 0 unspecified atom stereocenters. The van der Waals surface area contributed by atoms with Crippen molar-refractivity contribution in [3.05, 3.63) is 128 Å². The summed E-state index contributed by atoms with van der Waals surface area (Å²) in [6, 6.07) is 20.8. The van der Waals surface area contributed by atoms with Crippen molar-refractivity contribution in [2.45, 2.75) is 63.5 Å². The minimum absolute atomic E-state index is 0.0896. The first-order valence-electron chi connectivity index (χ1n) is 15.2. The van der Waals surface area contributed by atoms with E-state index in [0.717, 1.165) is 50.3 Å². The van der Waals surface area contributed by atoms with Crippen LogP contribution >= 0.6 is 11.6 Å². The smallest absolute Gasteiger partial charge is 0.287 e. The summed E-state index contributed by atoms with van der Waals surface area (Å²) in [6.07, 6.45) is 7.88. The molecule has 0 radical (unpaired) electrons. The highest BCUT2D eigenvalue weighted by Gasteiger charge is 2.25. The van der Waals surface area contributed by atoms with Crippen LogP contribution in [0.15, 0.2) is 93.7 Å². The van der Waals surface area contributed by atoms with Crippen LogP contribution < -0.4 is 10.7 Å². The van der Waals surface area contributed by atoms with E-state index in [4.69, 9.17) is 16.0 Å². The Labute approximate surface area is 260 Å². The summed E-state index contributed by atoms with van der Waals surface area (Å²) in [5.41, 5.74) is 4.07. The maximum Gasteiger partial charge on any atom is 0.287 e. The third kappa shape index (κ3) is 6.78. The molecule has 2 heterocycles. The van der Waals surface area contributed by atoms with Crippen LogP contribution in [0.5, 0.6) is 0 Å². The number of allylic oxidation sites excluding steroid dienone is 1. The quantitative estimate of drug-likeness (QED) is 0.211. The minimum Gasteiger partial charge on any atom is -0.448 e. The molecule has 1 N–H and O–H groups in total. The number of para-hydroxylation sites is 1. The maximum absolute atomic E-state index is 14.4. The second kappa shape index (κ2) is 13.2. The number of halogens is 2. The van der Waals surface area contributed by atoms with Crippen LogP contribution in [-0.2, 0) is 17.8 Å². The molecule has 2 aliphatic rings. The van der Waals surface area contributed by atoms with Gasteiger partial charge in [-0.1, -0.05) is 65.7 Å². The van der Waals surface area contributed by atoms with Crippen molar-refractivity contribution in [1.82, 2.24) is 10.2 Å². The van der Waals surface area contributed by atoms with Gasteiger partial charge in [0.05, 0.1) is 11.4 Å². The summed E-state index contributed by atoms with van der Waals surface area (Å²) in [7, 11) is 0. The normalized spacial score (nSPS) is 17.6. The van der Waals surface area contributed by atoms with Gasteiger partial charge in [0, 0.05) is 30.6 Å². The van der Waals surface area contributed by atoms with Gasteiger partial charge >= 0.3 is 0 Å². The molecule has 6 rings (SSSR count). The zero-order valence-electron chi connectivity index (χ0n) is 24.4. The van der Waals surface area contributed by atoms with E-state index in [9.17, 15) is 18.8 Å². The first-order chi connectivity index (χ1) is 21.3. The molecule has 2 amide bonds. The van der Waals surface area contributed by atoms with Crippen LogP contribution in [0.1, 0.15) is 71.7 Å². The number of fused-ring (bicyclic) bond motifs is 1. The molecule has 226 valence electrons. The Morgan fingerprint density at radius 2 is 1.80 bits per heavy atom. The zero-order chi connectivity index (χ0) is 30.6. The van der Waals surface area contributed by atoms with Gasteiger partial charge in [0.15, 0.2) is 22.6 Å². The number of rotatable bonds is 8. The maximum atomic E-state index is 14.4. The third-order valence-electron chi connectivity index (χ3n) is 8.71. The number of benzene rings is 3. The lowest BCUT2D eigenvalue weighted by molar-refractivity contribution is -0.128. The van der Waals surface area contributed by atoms with Gasteiger partial charge in [-0.15, -0.1) is 0 Å². The Kier molecular flexibility index (Phi) is 8.94. The molecule has 4 aromatic rings. The number of nitrogens with one attached hydrogen (secondary N) is 1. The van der Waals surface area contributed by atoms with E-state index in [1.54, 1.807) is 0 Å². The van der Waals surface area contributed by atoms with Crippen molar-refractivity contribution >= 4 is 34.4 Å². The summed E-state index contributed by atoms with van der Waals surface area (Å²) in [5.74, 6) is -0.881. The van der Waals surface area contributed by atoms with Crippen LogP contribution in [0.25, 0.3) is 11.0 Å². The predicted octanol–water partition coefficient (Wildman–Crippen LogP) is 7.33. The molecule has 1 aliphatic heterocycles. The Balaban J connectivity index is 1.20. The Bertz CT molecular complexity index is 1770. The number of likely N-dealkylation sites (tertiary alicyclic amines) is 1. The molecule has 1 saturated carbocycles. The summed E-state index contributed by atoms with van der Waals surface area (Å²) in [6.45, 7) is 1.49. The van der Waals surface area contributed by atoms with Crippen molar-refractivity contribution in [2.24, 2.45) is 0 Å². The van der Waals surface area contributed by atoms with Gasteiger partial charge in [-0.2, -0.15) is 0 Å². The first kappa shape index (κ1) is 29.8. The van der Waals surface area contributed by atoms with Gasteiger partial charge in [-0.05, 0) is 85.4 Å². The molecule has 8 heteroatoms. The first-order valence-corrected chi connectivity index (χ1v) is 15.5. The molecule has 3 aromatic carbocycles. The number of carbonyl (C=O) groups is 2. The van der Waals surface area contributed by atoms with Crippen molar-refractivity contribution in [2.75, 3.05) is 6.54 Å². The number of nitrogens with zero attached hydrogens (tertiary/aromatic N) is 1. The zero-order valence-corrected chi connectivity index (χ0v) is 25.1. The van der Waals surface area contributed by atoms with E-state index in [1.165, 1.54) is 34.9 Å². The third-order valence-corrected chi connectivity index (χ3v) is 8.96. The largest absolute Gasteiger partial charge is 0.448 e. The predicted molar refractivity (Wildman–Crippen MR) is 169 cm³/mol. The lowest BCUT2D eigenvalue weighted by Crippen LogP contribution is -2.36. The number of hydrogen-bond donors (Lipinski definition) is 1. The minimum atomic E-state index is -0.695. The van der Waals surface area contributed by atoms with E-state index in [-0.39, 0.29) is 28.7 Å². The van der Waals surface area contributed by atoms with Crippen molar-refractivity contribution in [1.29, 1.82) is 0 Å². The SMILES string of the molecule is O=C(N[C@@H](C=C1CCC(c2ccccc2CN2CCCC2=O)CC1)Cc1ccc(Cl)cc1)c1cc(=O)c2cccc(F)c2o1. The number of carbonyl (C=O) groups excluding carboxylic acids is 2. The highest BCUT2D eigenvalue weighted by molar-refractivity contribution is 6.30. The van der Waals surface area contributed by atoms with Crippen LogP contribution in [0.3, 0.4) is 0 Å². The lowest BCUT2D eigenvalue weighted by Gasteiger charge is -2.28. The molecule has 1 atom stereocenters. The standard InChI is InChI=1S/C36H34ClFN2O4/c37-27-16-12-24(13-17-27)20-28(39-36(43)33-21-32(41)30-7-3-8-31(38)35(30)44-33)19-23-10-14-25(15-11-23)29-6-2-1-5-26(29)22-40-18-4-9-34(40)42/h1-3,5-8,12-13,16-17,19,21,25,28H,4,9-11,14-15,18,20,22H2,(H,39,43)/t25?,28-/m0/s1. The highest BCUT2D eigenvalue weighted by Crippen LogP contribution is 2.37. The molecule has 1 aliphatic carbocycles. The summed E-state index contributed by atoms with van der Waals surface area (Å²) in [5, 5.41) is 3.73. The second-order valence-corrected chi connectivity index (χ2v) is 12.2. The van der Waals surface area contributed by atoms with E-state index in [0.29, 0.717) is 30.3 Å². The van der Waals surface area contributed by atoms with Gasteiger partial charge < -0.3 is 14.6 Å². The van der Waals surface area contributed by atoms with Gasteiger partial charge in [-0.3, -0.25) is 14.4 Å². The Morgan fingerprint density at radius 3 is 2.55 bits per heavy atom. The molecular weight excluding hydrogens is 579 g/mol. The summed E-state index contributed by atoms with van der Waals surface area (Å²) in [4.78, 5) is 40.2. The Hall–Kier alpha value is -4.23. The topological polar surface area (TPSA) is 79.6 Å². The fraction of sp³-hybridized carbons (Fsp3) is 0.306. The fourth-order valence-electron chi connectivity index (χ4n) is 6.42. The van der Waals surface area contributed by atoms with E-state index >= 15 is 0 Å². The molecule has 0 bridgehead atoms. The molecule has 6 nitrogen and oxygen atoms in total. The monoisotopic (exact) mass is 612 g/mol. The molecule has 1 aromatic heterocycles. The second-order valence-electron chi connectivity index (χ2n) is 11.7. The van der Waals surface area contributed by atoms with Gasteiger partial charge in [0.25, 0.3) is 5.91 Å². The van der Waals surface area contributed by atoms with Crippen LogP contribution in [0.2, 0.25) is 5.02 Å². The van der Waals surface area contributed by atoms with Crippen LogP contribution in [0.4, 0.5) is 4.39 Å². The van der Waals surface area contributed by atoms with Gasteiger partial charge in [-0.25, -0.2) is 4.39 Å². The van der Waals surface area contributed by atoms with E-state index < -0.39 is 17.2 Å². The van der Waals surface area contributed by atoms with Crippen molar-refractivity contribution < 1.29 is 18.4 Å². The van der Waals surface area contributed by atoms with E-state index in [1.807, 2.05) is 35.2 Å². The molecule has 44 heavy (non-hydrogen) atoms. The van der Waals surface area contributed by atoms with Crippen molar-refractivity contribution in [3.8, 4) is 0 Å². The number of hydrogen-bond acceptors (Lipinski definition) is 4. The van der Waals surface area contributed by atoms with Crippen LogP contribution in [-0.4, -0.2) is 29.3 Å². The Morgan fingerprint density at radius 1 is 1.02 bits per heavy atom. The average molecular weight is 613 g/mol. The average Bonchev–Trinajstić information content (AvgIpc) is 3.43. The number of amides is 2. The van der Waals surface area contributed by atoms with Gasteiger partial charge in [0.1, 0.15) is 0 Å². The highest BCUT2D eigenvalue weighted by atomic mass is 35.5. The molecule has 2 fully saturated rings. The van der Waals surface area contributed by atoms with Gasteiger partial charge in [0.2, 0.25) is 5.91 Å². The van der Waals surface area contributed by atoms with Crippen molar-refractivity contribution in [3.63, 3.8) is 0 Å². The summed E-state index contributed by atoms with van der Waals surface area (Å²) >= 11 is 6.10. The van der Waals surface area contributed by atoms with Crippen LogP contribution in [0, 0.1) is 5.82 Å². The summed E-state index contributed by atoms with van der Waals surface area (Å²) < 4.78 is 20.0. The van der Waals surface area contributed by atoms with E-state index in [2.05, 4.69) is 29.6 Å². The molecule has 0 spiro atoms. The molecular formula is C36H34ClFN2O4.